The quantitative estimate of drug-likeness (QED) is 0.562. The first-order valence-corrected chi connectivity index (χ1v) is 8.18. The van der Waals surface area contributed by atoms with Gasteiger partial charge in [0.1, 0.15) is 11.5 Å². The molecule has 0 aliphatic heterocycles. The Morgan fingerprint density at radius 1 is 1.15 bits per heavy atom. The molecule has 27 heavy (non-hydrogen) atoms. The van der Waals surface area contributed by atoms with Crippen molar-refractivity contribution in [2.75, 3.05) is 0 Å². The van der Waals surface area contributed by atoms with Crippen molar-refractivity contribution in [2.24, 2.45) is 5.73 Å². The Morgan fingerprint density at radius 3 is 2.67 bits per heavy atom. The monoisotopic (exact) mass is 367 g/mol. The van der Waals surface area contributed by atoms with Gasteiger partial charge in [0.2, 0.25) is 5.78 Å². The van der Waals surface area contributed by atoms with E-state index in [1.54, 1.807) is 36.5 Å². The number of ketones is 1. The smallest absolute Gasteiger partial charge is 0.287 e. The maximum absolute atomic E-state index is 12.7. The van der Waals surface area contributed by atoms with E-state index in [1.807, 2.05) is 0 Å². The Labute approximate surface area is 154 Å². The number of furan rings is 1. The average Bonchev–Trinajstić information content (AvgIpc) is 3.36. The SMILES string of the molecule is NC(=O)C(=O)C(CCc1ccco1)NC(=O)c1ccnn1-c1ccccn1. The molecular weight excluding hydrogens is 350 g/mol. The van der Waals surface area contributed by atoms with Crippen molar-refractivity contribution in [3.63, 3.8) is 0 Å². The van der Waals surface area contributed by atoms with Gasteiger partial charge < -0.3 is 15.5 Å². The molecule has 0 bridgehead atoms. The zero-order valence-electron chi connectivity index (χ0n) is 14.2. The number of pyridine rings is 1. The molecule has 0 aromatic carbocycles. The highest BCUT2D eigenvalue weighted by Gasteiger charge is 2.27. The lowest BCUT2D eigenvalue weighted by Crippen LogP contribution is -2.46. The van der Waals surface area contributed by atoms with Crippen LogP contribution >= 0.6 is 0 Å². The molecule has 3 rings (SSSR count). The lowest BCUT2D eigenvalue weighted by molar-refractivity contribution is -0.137. The van der Waals surface area contributed by atoms with E-state index < -0.39 is 23.6 Å². The van der Waals surface area contributed by atoms with E-state index in [-0.39, 0.29) is 12.1 Å². The van der Waals surface area contributed by atoms with Gasteiger partial charge >= 0.3 is 0 Å². The van der Waals surface area contributed by atoms with Crippen molar-refractivity contribution in [1.82, 2.24) is 20.1 Å². The number of hydrogen-bond acceptors (Lipinski definition) is 6. The molecule has 3 aromatic rings. The van der Waals surface area contributed by atoms with E-state index in [0.717, 1.165) is 0 Å². The molecule has 1 atom stereocenters. The normalized spacial score (nSPS) is 11.7. The van der Waals surface area contributed by atoms with Gasteiger partial charge in [-0.2, -0.15) is 5.10 Å². The minimum absolute atomic E-state index is 0.165. The van der Waals surface area contributed by atoms with Crippen LogP contribution in [0.3, 0.4) is 0 Å². The topological polar surface area (TPSA) is 133 Å². The second-order valence-corrected chi connectivity index (χ2v) is 5.69. The summed E-state index contributed by atoms with van der Waals surface area (Å²) in [7, 11) is 0. The molecule has 3 heterocycles. The highest BCUT2D eigenvalue weighted by Crippen LogP contribution is 2.10. The predicted molar refractivity (Wildman–Crippen MR) is 93.8 cm³/mol. The van der Waals surface area contributed by atoms with Gasteiger partial charge in [0, 0.05) is 12.6 Å². The first-order chi connectivity index (χ1) is 13.1. The second kappa shape index (κ2) is 8.09. The first kappa shape index (κ1) is 18.1. The zero-order chi connectivity index (χ0) is 19.2. The fourth-order valence-corrected chi connectivity index (χ4v) is 2.55. The van der Waals surface area contributed by atoms with Gasteiger partial charge in [0.05, 0.1) is 18.5 Å². The molecule has 2 amide bonds. The van der Waals surface area contributed by atoms with Gasteiger partial charge in [-0.05, 0) is 36.8 Å². The number of nitrogens with one attached hydrogen (secondary N) is 1. The molecule has 0 fully saturated rings. The number of nitrogens with zero attached hydrogens (tertiary/aromatic N) is 3. The van der Waals surface area contributed by atoms with E-state index >= 15 is 0 Å². The largest absolute Gasteiger partial charge is 0.469 e. The van der Waals surface area contributed by atoms with E-state index in [4.69, 9.17) is 10.2 Å². The van der Waals surface area contributed by atoms with E-state index in [2.05, 4.69) is 15.4 Å². The number of amides is 2. The first-order valence-electron chi connectivity index (χ1n) is 8.18. The summed E-state index contributed by atoms with van der Waals surface area (Å²) in [6.45, 7) is 0. The number of primary amides is 1. The second-order valence-electron chi connectivity index (χ2n) is 5.69. The van der Waals surface area contributed by atoms with Crippen LogP contribution in [-0.2, 0) is 16.0 Å². The lowest BCUT2D eigenvalue weighted by Gasteiger charge is -2.16. The van der Waals surface area contributed by atoms with Crippen molar-refractivity contribution in [2.45, 2.75) is 18.9 Å². The van der Waals surface area contributed by atoms with Crippen LogP contribution in [0, 0.1) is 0 Å². The molecule has 138 valence electrons. The predicted octanol–water partition coefficient (Wildman–Crippen LogP) is 0.646. The van der Waals surface area contributed by atoms with Crippen molar-refractivity contribution in [1.29, 1.82) is 0 Å². The highest BCUT2D eigenvalue weighted by atomic mass is 16.3. The number of hydrogen-bond donors (Lipinski definition) is 2. The minimum atomic E-state index is -1.11. The van der Waals surface area contributed by atoms with E-state index in [1.165, 1.54) is 23.2 Å². The van der Waals surface area contributed by atoms with Crippen LogP contribution < -0.4 is 11.1 Å². The third kappa shape index (κ3) is 4.27. The number of Topliss-reactive ketones (excluding diaryl/α,β-unsaturated/α-hetero) is 1. The van der Waals surface area contributed by atoms with Crippen molar-refractivity contribution >= 4 is 17.6 Å². The molecule has 0 aliphatic rings. The molecule has 0 saturated carbocycles. The summed E-state index contributed by atoms with van der Waals surface area (Å²) < 4.78 is 6.56. The van der Waals surface area contributed by atoms with Crippen LogP contribution in [0.2, 0.25) is 0 Å². The Morgan fingerprint density at radius 2 is 2.00 bits per heavy atom. The number of aromatic nitrogens is 3. The highest BCUT2D eigenvalue weighted by molar-refractivity contribution is 6.37. The van der Waals surface area contributed by atoms with Crippen molar-refractivity contribution < 1.29 is 18.8 Å². The fourth-order valence-electron chi connectivity index (χ4n) is 2.55. The maximum Gasteiger partial charge on any atom is 0.287 e. The zero-order valence-corrected chi connectivity index (χ0v) is 14.2. The summed E-state index contributed by atoms with van der Waals surface area (Å²) in [4.78, 5) is 40.3. The Hall–Kier alpha value is -3.75. The Kier molecular flexibility index (Phi) is 5.41. The van der Waals surface area contributed by atoms with Crippen LogP contribution in [-0.4, -0.2) is 38.4 Å². The van der Waals surface area contributed by atoms with Crippen LogP contribution in [0.15, 0.2) is 59.5 Å². The van der Waals surface area contributed by atoms with Crippen molar-refractivity contribution in [3.8, 4) is 5.82 Å². The molecule has 0 saturated heterocycles. The third-order valence-electron chi connectivity index (χ3n) is 3.87. The fraction of sp³-hybridized carbons (Fsp3) is 0.167. The van der Waals surface area contributed by atoms with Crippen LogP contribution in [0.4, 0.5) is 0 Å². The van der Waals surface area contributed by atoms with E-state index in [9.17, 15) is 14.4 Å². The number of carbonyl (C=O) groups excluding carboxylic acids is 3. The van der Waals surface area contributed by atoms with Gasteiger partial charge in [0.15, 0.2) is 5.82 Å². The molecule has 1 unspecified atom stereocenters. The Bertz CT molecular complexity index is 934. The van der Waals surface area contributed by atoms with Gasteiger partial charge in [-0.1, -0.05) is 6.07 Å². The summed E-state index contributed by atoms with van der Waals surface area (Å²) in [5, 5.41) is 6.64. The van der Waals surface area contributed by atoms with Gasteiger partial charge in [-0.25, -0.2) is 9.67 Å². The number of aryl methyl sites for hydroxylation is 1. The summed E-state index contributed by atoms with van der Waals surface area (Å²) >= 11 is 0. The average molecular weight is 367 g/mol. The van der Waals surface area contributed by atoms with Gasteiger partial charge in [-0.15, -0.1) is 0 Å². The van der Waals surface area contributed by atoms with Crippen LogP contribution in [0.5, 0.6) is 0 Å². The Balaban J connectivity index is 1.77. The summed E-state index contributed by atoms with van der Waals surface area (Å²) in [6, 6.07) is 9.05. The summed E-state index contributed by atoms with van der Waals surface area (Å²) in [5.74, 6) is -1.49. The van der Waals surface area contributed by atoms with Gasteiger partial charge in [0.25, 0.3) is 11.8 Å². The third-order valence-corrected chi connectivity index (χ3v) is 3.87. The summed E-state index contributed by atoms with van der Waals surface area (Å²) in [5.41, 5.74) is 5.29. The minimum Gasteiger partial charge on any atom is -0.469 e. The van der Waals surface area contributed by atoms with Gasteiger partial charge in [-0.3, -0.25) is 14.4 Å². The number of carbonyl (C=O) groups is 3. The molecular formula is C18H17N5O4. The molecule has 0 radical (unpaired) electrons. The molecule has 9 heteroatoms. The number of nitrogens with two attached hydrogens (primary N) is 1. The number of rotatable bonds is 8. The molecule has 3 N–H and O–H groups in total. The lowest BCUT2D eigenvalue weighted by atomic mass is 10.0. The van der Waals surface area contributed by atoms with Crippen molar-refractivity contribution in [3.05, 3.63) is 66.5 Å². The standard InChI is InChI=1S/C18H17N5O4/c19-17(25)16(24)13(7-6-12-4-3-11-27-12)22-18(26)14-8-10-21-23(14)15-5-1-2-9-20-15/h1-5,8-11,13H,6-7H2,(H2,19,25)(H,22,26). The van der Waals surface area contributed by atoms with Crippen LogP contribution in [0.25, 0.3) is 5.82 Å². The molecule has 9 nitrogen and oxygen atoms in total. The maximum atomic E-state index is 12.7. The van der Waals surface area contributed by atoms with E-state index in [0.29, 0.717) is 18.0 Å². The molecule has 0 aliphatic carbocycles. The molecule has 3 aromatic heterocycles. The molecule has 0 spiro atoms. The summed E-state index contributed by atoms with van der Waals surface area (Å²) in [6.07, 6.45) is 5.04. The van der Waals surface area contributed by atoms with Crippen LogP contribution in [0.1, 0.15) is 22.7 Å².